The maximum Gasteiger partial charge on any atom is 0.340 e. The standard InChI is InChI=1S/C28H30ClF2N3O9S/c1-16(34-17(2)27(36)18-8-19(30)10-20(31)9-18)14-43-26(35)15-40-6-7-42-28(37)22-11-25(44(32,38)39)23(29)12-24(22)33-13-21-4-3-5-41-21/h3-5,8-12,16-17,33-34H,6-7,13-15H2,1-2H3,(H2,32,38,39). The van der Waals surface area contributed by atoms with E-state index >= 15 is 0 Å². The minimum Gasteiger partial charge on any atom is -0.467 e. The van der Waals surface area contributed by atoms with Gasteiger partial charge in [0.1, 0.15) is 42.1 Å². The molecule has 0 radical (unpaired) electrons. The molecule has 0 bridgehead atoms. The number of anilines is 1. The molecule has 2 atom stereocenters. The number of sulfonamides is 1. The summed E-state index contributed by atoms with van der Waals surface area (Å²) in [6.45, 7) is 2.19. The lowest BCUT2D eigenvalue weighted by Gasteiger charge is -2.19. The van der Waals surface area contributed by atoms with Crippen LogP contribution in [-0.2, 0) is 35.6 Å². The van der Waals surface area contributed by atoms with E-state index in [0.29, 0.717) is 11.8 Å². The lowest BCUT2D eigenvalue weighted by molar-refractivity contribution is -0.149. The molecular formula is C28H30ClF2N3O9S. The first-order chi connectivity index (χ1) is 20.7. The van der Waals surface area contributed by atoms with E-state index in [1.54, 1.807) is 19.1 Å². The summed E-state index contributed by atoms with van der Waals surface area (Å²) in [5.41, 5.74) is -0.140. The van der Waals surface area contributed by atoms with Crippen LogP contribution >= 0.6 is 11.6 Å². The van der Waals surface area contributed by atoms with E-state index in [2.05, 4.69) is 10.6 Å². The molecule has 0 aliphatic rings. The number of carbonyl (C=O) groups is 3. The average Bonchev–Trinajstić information content (AvgIpc) is 3.47. The van der Waals surface area contributed by atoms with E-state index in [-0.39, 0.29) is 48.2 Å². The Morgan fingerprint density at radius 2 is 1.75 bits per heavy atom. The van der Waals surface area contributed by atoms with Gasteiger partial charge in [-0.05, 0) is 50.2 Å². The number of furan rings is 1. The van der Waals surface area contributed by atoms with Gasteiger partial charge in [-0.25, -0.2) is 31.9 Å². The normalized spacial score (nSPS) is 12.8. The van der Waals surface area contributed by atoms with Crippen LogP contribution in [0.15, 0.2) is 58.0 Å². The Kier molecular flexibility index (Phi) is 12.4. The number of esters is 2. The molecule has 0 saturated carbocycles. The number of ether oxygens (including phenoxy) is 3. The molecule has 12 nitrogen and oxygen atoms in total. The molecule has 2 aromatic carbocycles. The minimum absolute atomic E-state index is 0.136. The zero-order valence-corrected chi connectivity index (χ0v) is 25.2. The highest BCUT2D eigenvalue weighted by Gasteiger charge is 2.22. The third-order valence-electron chi connectivity index (χ3n) is 5.88. The van der Waals surface area contributed by atoms with Crippen molar-refractivity contribution in [2.24, 2.45) is 5.14 Å². The topological polar surface area (TPSA) is 176 Å². The van der Waals surface area contributed by atoms with Crippen molar-refractivity contribution >= 4 is 45.0 Å². The Labute approximate surface area is 256 Å². The second-order valence-corrected chi connectivity index (χ2v) is 11.4. The Bertz CT molecular complexity index is 1570. The molecule has 0 aliphatic carbocycles. The van der Waals surface area contributed by atoms with Crippen LogP contribution in [0.4, 0.5) is 14.5 Å². The first-order valence-corrected chi connectivity index (χ1v) is 15.0. The lowest BCUT2D eigenvalue weighted by Crippen LogP contribution is -2.42. The van der Waals surface area contributed by atoms with E-state index in [4.69, 9.17) is 35.4 Å². The first kappa shape index (κ1) is 34.6. The molecule has 0 spiro atoms. The maximum atomic E-state index is 13.4. The van der Waals surface area contributed by atoms with Crippen molar-refractivity contribution in [1.29, 1.82) is 0 Å². The van der Waals surface area contributed by atoms with Crippen molar-refractivity contribution in [3.63, 3.8) is 0 Å². The summed E-state index contributed by atoms with van der Waals surface area (Å²) in [4.78, 5) is 36.8. The van der Waals surface area contributed by atoms with Gasteiger partial charge in [-0.1, -0.05) is 11.6 Å². The fourth-order valence-electron chi connectivity index (χ4n) is 3.86. The maximum absolute atomic E-state index is 13.4. The monoisotopic (exact) mass is 657 g/mol. The van der Waals surface area contributed by atoms with Gasteiger partial charge in [0.2, 0.25) is 10.0 Å². The number of rotatable bonds is 16. The number of primary sulfonamides is 1. The van der Waals surface area contributed by atoms with Crippen LogP contribution in [0.1, 0.15) is 40.3 Å². The first-order valence-electron chi connectivity index (χ1n) is 13.0. The van der Waals surface area contributed by atoms with Gasteiger partial charge in [0.25, 0.3) is 0 Å². The van der Waals surface area contributed by atoms with Gasteiger partial charge in [-0.2, -0.15) is 0 Å². The Morgan fingerprint density at radius 1 is 1.05 bits per heavy atom. The Hall–Kier alpha value is -3.89. The summed E-state index contributed by atoms with van der Waals surface area (Å²) >= 11 is 6.06. The molecule has 238 valence electrons. The number of carbonyl (C=O) groups excluding carboxylic acids is 3. The molecule has 0 fully saturated rings. The molecule has 0 amide bonds. The van der Waals surface area contributed by atoms with Crippen molar-refractivity contribution in [3.05, 3.63) is 82.3 Å². The van der Waals surface area contributed by atoms with Gasteiger partial charge < -0.3 is 29.3 Å². The smallest absolute Gasteiger partial charge is 0.340 e. The molecule has 2 unspecified atom stereocenters. The summed E-state index contributed by atoms with van der Waals surface area (Å²) in [5, 5.41) is 10.8. The largest absolute Gasteiger partial charge is 0.467 e. The number of benzene rings is 2. The fraction of sp³-hybridized carbons (Fsp3) is 0.321. The minimum atomic E-state index is -4.25. The molecule has 3 aromatic rings. The molecular weight excluding hydrogens is 628 g/mol. The number of nitrogens with one attached hydrogen (secondary N) is 2. The average molecular weight is 658 g/mol. The number of ketones is 1. The number of Topliss-reactive ketones (excluding diaryl/α,β-unsaturated/α-hetero) is 1. The molecule has 16 heteroatoms. The molecule has 3 rings (SSSR count). The zero-order chi connectivity index (χ0) is 32.4. The summed E-state index contributed by atoms with van der Waals surface area (Å²) in [6, 6.07) is 6.77. The SMILES string of the molecule is CC(COC(=O)COCCOC(=O)c1cc(S(N)(=O)=O)c(Cl)cc1NCc1ccco1)NC(C)C(=O)c1cc(F)cc(F)c1. The number of hydrogen-bond donors (Lipinski definition) is 3. The van der Waals surface area contributed by atoms with Crippen LogP contribution in [0.25, 0.3) is 0 Å². The highest BCUT2D eigenvalue weighted by atomic mass is 35.5. The van der Waals surface area contributed by atoms with Crippen molar-refractivity contribution in [2.75, 3.05) is 31.7 Å². The predicted octanol–water partition coefficient (Wildman–Crippen LogP) is 3.44. The van der Waals surface area contributed by atoms with E-state index in [0.717, 1.165) is 18.2 Å². The number of hydrogen-bond acceptors (Lipinski definition) is 11. The van der Waals surface area contributed by atoms with Crippen molar-refractivity contribution in [3.8, 4) is 0 Å². The summed E-state index contributed by atoms with van der Waals surface area (Å²) in [5.74, 6) is -3.41. The highest BCUT2D eigenvalue weighted by Crippen LogP contribution is 2.29. The van der Waals surface area contributed by atoms with Gasteiger partial charge >= 0.3 is 11.9 Å². The number of halogens is 3. The van der Waals surface area contributed by atoms with Crippen LogP contribution in [0.3, 0.4) is 0 Å². The van der Waals surface area contributed by atoms with Gasteiger partial charge in [-0.15, -0.1) is 0 Å². The third-order valence-corrected chi connectivity index (χ3v) is 7.26. The van der Waals surface area contributed by atoms with Crippen LogP contribution in [0.2, 0.25) is 5.02 Å². The Balaban J connectivity index is 1.44. The second-order valence-electron chi connectivity index (χ2n) is 9.49. The molecule has 1 heterocycles. The van der Waals surface area contributed by atoms with Gasteiger partial charge in [-0.3, -0.25) is 4.79 Å². The van der Waals surface area contributed by atoms with E-state index in [1.807, 2.05) is 0 Å². The molecule has 0 aliphatic heterocycles. The number of nitrogens with two attached hydrogens (primary N) is 1. The fourth-order valence-corrected chi connectivity index (χ4v) is 4.96. The second kappa shape index (κ2) is 15.7. The van der Waals surface area contributed by atoms with Crippen LogP contribution in [0.5, 0.6) is 0 Å². The van der Waals surface area contributed by atoms with Crippen LogP contribution in [-0.4, -0.2) is 64.7 Å². The van der Waals surface area contributed by atoms with Crippen LogP contribution in [0, 0.1) is 11.6 Å². The van der Waals surface area contributed by atoms with Crippen molar-refractivity contribution in [2.45, 2.75) is 37.4 Å². The van der Waals surface area contributed by atoms with E-state index in [9.17, 15) is 31.6 Å². The van der Waals surface area contributed by atoms with Gasteiger partial charge in [0.15, 0.2) is 5.78 Å². The van der Waals surface area contributed by atoms with Crippen LogP contribution < -0.4 is 15.8 Å². The van der Waals surface area contributed by atoms with Gasteiger partial charge in [0, 0.05) is 17.7 Å². The predicted molar refractivity (Wildman–Crippen MR) is 154 cm³/mol. The Morgan fingerprint density at radius 3 is 2.39 bits per heavy atom. The summed E-state index contributed by atoms with van der Waals surface area (Å²) in [6.07, 6.45) is 1.46. The molecule has 0 saturated heterocycles. The molecule has 1 aromatic heterocycles. The summed E-state index contributed by atoms with van der Waals surface area (Å²) in [7, 11) is -4.25. The van der Waals surface area contributed by atoms with Gasteiger partial charge in [0.05, 0.1) is 41.7 Å². The van der Waals surface area contributed by atoms with Crippen molar-refractivity contribution < 1.29 is 50.2 Å². The highest BCUT2D eigenvalue weighted by molar-refractivity contribution is 7.89. The third kappa shape index (κ3) is 10.4. The van der Waals surface area contributed by atoms with Crippen molar-refractivity contribution in [1.82, 2.24) is 5.32 Å². The molecule has 44 heavy (non-hydrogen) atoms. The van der Waals surface area contributed by atoms with E-state index < -0.39 is 63.0 Å². The summed E-state index contributed by atoms with van der Waals surface area (Å²) < 4.78 is 71.3. The lowest BCUT2D eigenvalue weighted by atomic mass is 10.0. The zero-order valence-electron chi connectivity index (χ0n) is 23.6. The quantitative estimate of drug-likeness (QED) is 0.117. The van der Waals surface area contributed by atoms with E-state index in [1.165, 1.54) is 19.3 Å². The molecule has 4 N–H and O–H groups in total.